The van der Waals surface area contributed by atoms with Crippen molar-refractivity contribution in [3.8, 4) is 0 Å². The van der Waals surface area contributed by atoms with Crippen LogP contribution >= 0.6 is 0 Å². The Morgan fingerprint density at radius 2 is 2.25 bits per heavy atom. The zero-order valence-corrected chi connectivity index (χ0v) is 8.99. The maximum absolute atomic E-state index is 12.2. The molecule has 16 heavy (non-hydrogen) atoms. The average molecular weight is 232 g/mol. The molecule has 0 fully saturated rings. The third kappa shape index (κ3) is 3.25. The van der Waals surface area contributed by atoms with Gasteiger partial charge in [0.2, 0.25) is 5.91 Å². The van der Waals surface area contributed by atoms with Gasteiger partial charge < -0.3 is 5.73 Å². The molecule has 0 aromatic carbocycles. The molecule has 0 saturated carbocycles. The molecule has 0 aliphatic rings. The number of carbonyl (C=O) groups excluding carboxylic acids is 1. The molecule has 2 N–H and O–H groups in total. The van der Waals surface area contributed by atoms with Gasteiger partial charge in [-0.05, 0) is 6.42 Å². The number of rotatable bonds is 6. The van der Waals surface area contributed by atoms with Crippen LogP contribution < -0.4 is 5.73 Å². The van der Waals surface area contributed by atoms with Crippen molar-refractivity contribution in [1.29, 1.82) is 0 Å². The van der Waals surface area contributed by atoms with Crippen molar-refractivity contribution in [2.24, 2.45) is 5.73 Å². The van der Waals surface area contributed by atoms with E-state index in [-0.39, 0.29) is 6.42 Å². The molecule has 0 spiro atoms. The van der Waals surface area contributed by atoms with Crippen LogP contribution in [0.3, 0.4) is 0 Å². The average Bonchev–Trinajstić information content (AvgIpc) is 2.49. The SMILES string of the molecule is CCCc1c(CC(N)=O)nnn1CC(F)F. The molecular weight excluding hydrogens is 218 g/mol. The highest BCUT2D eigenvalue weighted by atomic mass is 19.3. The van der Waals surface area contributed by atoms with E-state index in [1.807, 2.05) is 6.92 Å². The van der Waals surface area contributed by atoms with Gasteiger partial charge in [-0.3, -0.25) is 4.79 Å². The van der Waals surface area contributed by atoms with Crippen LogP contribution in [-0.2, 0) is 24.2 Å². The van der Waals surface area contributed by atoms with E-state index in [4.69, 9.17) is 5.73 Å². The number of amides is 1. The Labute approximate surface area is 91.6 Å². The number of halogens is 2. The van der Waals surface area contributed by atoms with Gasteiger partial charge in [0.05, 0.1) is 17.8 Å². The quantitative estimate of drug-likeness (QED) is 0.777. The third-order valence-electron chi connectivity index (χ3n) is 2.06. The van der Waals surface area contributed by atoms with Crippen LogP contribution in [0.2, 0.25) is 0 Å². The summed E-state index contributed by atoms with van der Waals surface area (Å²) in [5, 5.41) is 7.31. The van der Waals surface area contributed by atoms with E-state index in [2.05, 4.69) is 10.3 Å². The molecule has 1 amide bonds. The number of alkyl halides is 2. The Morgan fingerprint density at radius 1 is 1.56 bits per heavy atom. The summed E-state index contributed by atoms with van der Waals surface area (Å²) in [7, 11) is 0. The van der Waals surface area contributed by atoms with E-state index in [1.165, 1.54) is 0 Å². The number of hydrogen-bond acceptors (Lipinski definition) is 3. The Balaban J connectivity index is 2.91. The first-order chi connectivity index (χ1) is 7.54. The first-order valence-corrected chi connectivity index (χ1v) is 5.02. The topological polar surface area (TPSA) is 73.8 Å². The molecule has 1 heterocycles. The van der Waals surface area contributed by atoms with Gasteiger partial charge in [-0.15, -0.1) is 5.10 Å². The second kappa shape index (κ2) is 5.53. The molecule has 0 bridgehead atoms. The zero-order chi connectivity index (χ0) is 12.1. The minimum absolute atomic E-state index is 0.0570. The summed E-state index contributed by atoms with van der Waals surface area (Å²) in [5.41, 5.74) is 6.00. The molecule has 90 valence electrons. The van der Waals surface area contributed by atoms with E-state index in [0.717, 1.165) is 11.1 Å². The highest BCUT2D eigenvalue weighted by Crippen LogP contribution is 2.11. The van der Waals surface area contributed by atoms with E-state index in [9.17, 15) is 13.6 Å². The van der Waals surface area contributed by atoms with Crippen molar-refractivity contribution in [3.63, 3.8) is 0 Å². The highest BCUT2D eigenvalue weighted by Gasteiger charge is 2.16. The normalized spacial score (nSPS) is 11.0. The van der Waals surface area contributed by atoms with E-state index in [0.29, 0.717) is 17.8 Å². The van der Waals surface area contributed by atoms with Crippen LogP contribution in [0, 0.1) is 0 Å². The maximum atomic E-state index is 12.2. The molecule has 5 nitrogen and oxygen atoms in total. The van der Waals surface area contributed by atoms with Crippen LogP contribution in [0.1, 0.15) is 24.7 Å². The summed E-state index contributed by atoms with van der Waals surface area (Å²) in [6.45, 7) is 1.41. The van der Waals surface area contributed by atoms with Gasteiger partial charge in [-0.2, -0.15) is 0 Å². The molecule has 0 atom stereocenters. The van der Waals surface area contributed by atoms with Crippen LogP contribution in [0.4, 0.5) is 8.78 Å². The predicted molar refractivity (Wildman–Crippen MR) is 52.9 cm³/mol. The largest absolute Gasteiger partial charge is 0.369 e. The smallest absolute Gasteiger partial charge is 0.257 e. The fourth-order valence-electron chi connectivity index (χ4n) is 1.46. The summed E-state index contributed by atoms with van der Waals surface area (Å²) in [6.07, 6.45) is -1.22. The molecule has 7 heteroatoms. The number of carbonyl (C=O) groups is 1. The lowest BCUT2D eigenvalue weighted by Gasteiger charge is -2.05. The van der Waals surface area contributed by atoms with E-state index >= 15 is 0 Å². The third-order valence-corrected chi connectivity index (χ3v) is 2.06. The van der Waals surface area contributed by atoms with Crippen LogP contribution in [0.15, 0.2) is 0 Å². The zero-order valence-electron chi connectivity index (χ0n) is 8.99. The molecule has 0 aliphatic carbocycles. The van der Waals surface area contributed by atoms with Gasteiger partial charge in [0, 0.05) is 0 Å². The van der Waals surface area contributed by atoms with E-state index in [1.54, 1.807) is 0 Å². The minimum atomic E-state index is -2.49. The van der Waals surface area contributed by atoms with Crippen LogP contribution in [0.5, 0.6) is 0 Å². The van der Waals surface area contributed by atoms with Crippen LogP contribution in [0.25, 0.3) is 0 Å². The monoisotopic (exact) mass is 232 g/mol. The fraction of sp³-hybridized carbons (Fsp3) is 0.667. The Bertz CT molecular complexity index is 364. The first kappa shape index (κ1) is 12.5. The molecule has 1 aromatic heterocycles. The maximum Gasteiger partial charge on any atom is 0.257 e. The molecular formula is C9H14F2N4O. The van der Waals surface area contributed by atoms with Gasteiger partial charge in [0.1, 0.15) is 6.54 Å². The second-order valence-electron chi connectivity index (χ2n) is 3.45. The first-order valence-electron chi connectivity index (χ1n) is 5.02. The van der Waals surface area contributed by atoms with Gasteiger partial charge >= 0.3 is 0 Å². The minimum Gasteiger partial charge on any atom is -0.369 e. The van der Waals surface area contributed by atoms with Gasteiger partial charge in [0.15, 0.2) is 0 Å². The lowest BCUT2D eigenvalue weighted by Crippen LogP contribution is -2.16. The number of aromatic nitrogens is 3. The van der Waals surface area contributed by atoms with E-state index < -0.39 is 18.9 Å². The lowest BCUT2D eigenvalue weighted by molar-refractivity contribution is -0.117. The number of nitrogens with two attached hydrogens (primary N) is 1. The lowest BCUT2D eigenvalue weighted by atomic mass is 10.1. The fourth-order valence-corrected chi connectivity index (χ4v) is 1.46. The van der Waals surface area contributed by atoms with Crippen molar-refractivity contribution in [2.45, 2.75) is 39.2 Å². The predicted octanol–water partition coefficient (Wildman–Crippen LogP) is 0.523. The number of nitrogens with zero attached hydrogens (tertiary/aromatic N) is 3. The van der Waals surface area contributed by atoms with Crippen molar-refractivity contribution in [1.82, 2.24) is 15.0 Å². The molecule has 0 radical (unpaired) electrons. The Hall–Kier alpha value is -1.53. The summed E-state index contributed by atoms with van der Waals surface area (Å²) >= 11 is 0. The molecule has 0 unspecified atom stereocenters. The molecule has 0 aliphatic heterocycles. The second-order valence-corrected chi connectivity index (χ2v) is 3.45. The summed E-state index contributed by atoms with van der Waals surface area (Å²) < 4.78 is 25.6. The van der Waals surface area contributed by atoms with Crippen LogP contribution in [-0.4, -0.2) is 27.3 Å². The standard InChI is InChI=1S/C9H14F2N4O/c1-2-3-7-6(4-9(12)16)13-14-15(7)5-8(10)11/h8H,2-5H2,1H3,(H2,12,16). The van der Waals surface area contributed by atoms with Crippen molar-refractivity contribution >= 4 is 5.91 Å². The summed E-state index contributed by atoms with van der Waals surface area (Å²) in [6, 6.07) is 0. The molecule has 1 aromatic rings. The van der Waals surface area contributed by atoms with Gasteiger partial charge in [-0.25, -0.2) is 13.5 Å². The summed E-state index contributed by atoms with van der Waals surface area (Å²) in [5.74, 6) is -0.540. The number of primary amides is 1. The highest BCUT2D eigenvalue weighted by molar-refractivity contribution is 5.76. The van der Waals surface area contributed by atoms with Gasteiger partial charge in [-0.1, -0.05) is 18.6 Å². The molecule has 1 rings (SSSR count). The van der Waals surface area contributed by atoms with Gasteiger partial charge in [0.25, 0.3) is 6.43 Å². The Kier molecular flexibility index (Phi) is 4.33. The van der Waals surface area contributed by atoms with Crippen molar-refractivity contribution < 1.29 is 13.6 Å². The number of hydrogen-bond donors (Lipinski definition) is 1. The molecule has 0 saturated heterocycles. The Morgan fingerprint density at radius 3 is 2.75 bits per heavy atom. The van der Waals surface area contributed by atoms with Crippen molar-refractivity contribution in [3.05, 3.63) is 11.4 Å². The van der Waals surface area contributed by atoms with Crippen molar-refractivity contribution in [2.75, 3.05) is 0 Å². The summed E-state index contributed by atoms with van der Waals surface area (Å²) in [4.78, 5) is 10.8.